The number of carbonyl (C=O) groups is 3. The lowest BCUT2D eigenvalue weighted by Crippen LogP contribution is -2.34. The van der Waals surface area contributed by atoms with Gasteiger partial charge in [-0.25, -0.2) is 18.6 Å². The van der Waals surface area contributed by atoms with Crippen molar-refractivity contribution in [3.8, 4) is 17.3 Å². The number of esters is 1. The van der Waals surface area contributed by atoms with Gasteiger partial charge in [-0.05, 0) is 109 Å². The predicted octanol–water partition coefficient (Wildman–Crippen LogP) is 8.52. The third-order valence-electron chi connectivity index (χ3n) is 9.61. The van der Waals surface area contributed by atoms with Crippen molar-refractivity contribution in [1.82, 2.24) is 19.8 Å². The minimum atomic E-state index is -0.769. The van der Waals surface area contributed by atoms with E-state index in [4.69, 9.17) is 14.3 Å². The Labute approximate surface area is 330 Å². The van der Waals surface area contributed by atoms with Crippen LogP contribution >= 0.6 is 11.8 Å². The first-order valence-electron chi connectivity index (χ1n) is 18.2. The van der Waals surface area contributed by atoms with Gasteiger partial charge in [0.05, 0.1) is 29.3 Å². The summed E-state index contributed by atoms with van der Waals surface area (Å²) < 4.78 is 40.4. The van der Waals surface area contributed by atoms with E-state index in [0.717, 1.165) is 35.4 Å². The molecule has 4 aromatic carbocycles. The van der Waals surface area contributed by atoms with Crippen molar-refractivity contribution < 1.29 is 32.3 Å². The third kappa shape index (κ3) is 8.31. The molecule has 57 heavy (non-hydrogen) atoms. The average Bonchev–Trinajstić information content (AvgIpc) is 4.01. The maximum absolute atomic E-state index is 14.0. The topological polar surface area (TPSA) is 132 Å². The highest BCUT2D eigenvalue weighted by Gasteiger charge is 2.44. The fourth-order valence-electron chi connectivity index (χ4n) is 7.03. The molecular formula is C43H34F2N6O5S. The van der Waals surface area contributed by atoms with E-state index in [1.54, 1.807) is 54.8 Å². The van der Waals surface area contributed by atoms with E-state index in [9.17, 15) is 23.2 Å². The van der Waals surface area contributed by atoms with Crippen LogP contribution in [0.2, 0.25) is 0 Å². The van der Waals surface area contributed by atoms with Crippen LogP contribution in [-0.4, -0.2) is 55.6 Å². The first-order chi connectivity index (χ1) is 27.8. The Bertz CT molecular complexity index is 2470. The van der Waals surface area contributed by atoms with Crippen LogP contribution < -0.4 is 5.32 Å². The number of fused-ring (bicyclic) bond motifs is 1. The van der Waals surface area contributed by atoms with Gasteiger partial charge in [-0.2, -0.15) is 5.10 Å². The molecule has 2 aliphatic rings. The summed E-state index contributed by atoms with van der Waals surface area (Å²) in [6.07, 6.45) is 5.78. The Morgan fingerprint density at radius 1 is 0.895 bits per heavy atom. The molecule has 3 heterocycles. The van der Waals surface area contributed by atoms with Gasteiger partial charge >= 0.3 is 5.97 Å². The van der Waals surface area contributed by atoms with E-state index in [1.807, 2.05) is 41.0 Å². The molecule has 2 atom stereocenters. The standard InChI is InChI=1S/C43H34F2N6O5S/c44-31-18-14-27(15-19-31)23-29-7-5-12-35-39(29)49-51(40(35)28-16-20-32(45)21-17-28)38(53)25-56-42(54)30-8-4-9-33(24-30)46-37(52)26-57-43-48-47-41(36-13-6-22-55-36)50(43)34-10-2-1-3-11-34/h1-4,6,8-11,13-24,35,40H,5,7,12,25-26H2,(H,46,52)/b29-23-. The Kier molecular flexibility index (Phi) is 10.8. The van der Waals surface area contributed by atoms with Gasteiger partial charge in [0.25, 0.3) is 5.91 Å². The Morgan fingerprint density at radius 2 is 1.67 bits per heavy atom. The number of benzene rings is 4. The highest BCUT2D eigenvalue weighted by atomic mass is 32.2. The molecule has 14 heteroatoms. The van der Waals surface area contributed by atoms with Crippen LogP contribution in [0.5, 0.6) is 0 Å². The largest absolute Gasteiger partial charge is 0.461 e. The first kappa shape index (κ1) is 37.3. The van der Waals surface area contributed by atoms with Crippen molar-refractivity contribution >= 4 is 47.0 Å². The second kappa shape index (κ2) is 16.6. The quantitative estimate of drug-likeness (QED) is 0.102. The second-order valence-electron chi connectivity index (χ2n) is 13.4. The maximum Gasteiger partial charge on any atom is 0.338 e. The lowest BCUT2D eigenvalue weighted by atomic mass is 9.77. The molecule has 0 radical (unpaired) electrons. The lowest BCUT2D eigenvalue weighted by molar-refractivity contribution is -0.137. The molecule has 0 spiro atoms. The predicted molar refractivity (Wildman–Crippen MR) is 210 cm³/mol. The number of nitrogens with one attached hydrogen (secondary N) is 1. The Balaban J connectivity index is 0.934. The van der Waals surface area contributed by atoms with Gasteiger partial charge in [-0.1, -0.05) is 60.3 Å². The second-order valence-corrected chi connectivity index (χ2v) is 14.3. The normalized spacial score (nSPS) is 16.9. The average molecular weight is 785 g/mol. The van der Waals surface area contributed by atoms with Crippen LogP contribution in [0.3, 0.4) is 0 Å². The van der Waals surface area contributed by atoms with Gasteiger partial charge in [0.15, 0.2) is 17.5 Å². The highest BCUT2D eigenvalue weighted by Crippen LogP contribution is 2.44. The molecule has 2 amide bonds. The van der Waals surface area contributed by atoms with E-state index in [1.165, 1.54) is 53.2 Å². The van der Waals surface area contributed by atoms with Crippen molar-refractivity contribution in [2.75, 3.05) is 17.7 Å². The van der Waals surface area contributed by atoms with E-state index in [0.29, 0.717) is 34.4 Å². The van der Waals surface area contributed by atoms with E-state index in [-0.39, 0.29) is 29.0 Å². The number of nitrogens with zero attached hydrogens (tertiary/aromatic N) is 5. The van der Waals surface area contributed by atoms with Crippen LogP contribution in [0.1, 0.15) is 46.8 Å². The fourth-order valence-corrected chi connectivity index (χ4v) is 7.78. The number of ether oxygens (including phenoxy) is 1. The molecule has 6 aromatic rings. The number of hydrazone groups is 1. The minimum absolute atomic E-state index is 0.0122. The van der Waals surface area contributed by atoms with Crippen LogP contribution in [0.25, 0.3) is 23.3 Å². The zero-order valence-electron chi connectivity index (χ0n) is 30.3. The summed E-state index contributed by atoms with van der Waals surface area (Å²) >= 11 is 1.18. The zero-order chi connectivity index (χ0) is 39.3. The molecular weight excluding hydrogens is 751 g/mol. The molecule has 0 bridgehead atoms. The van der Waals surface area contributed by atoms with Crippen molar-refractivity contribution in [1.29, 1.82) is 0 Å². The van der Waals surface area contributed by atoms with Gasteiger partial charge in [-0.3, -0.25) is 14.2 Å². The lowest BCUT2D eigenvalue weighted by Gasteiger charge is -2.29. The van der Waals surface area contributed by atoms with Gasteiger partial charge in [0.1, 0.15) is 11.6 Å². The molecule has 1 fully saturated rings. The van der Waals surface area contributed by atoms with Crippen LogP contribution in [0.15, 0.2) is 142 Å². The first-order valence-corrected chi connectivity index (χ1v) is 19.2. The molecule has 1 aliphatic carbocycles. The molecule has 1 saturated carbocycles. The van der Waals surface area contributed by atoms with Gasteiger partial charge in [0.2, 0.25) is 11.7 Å². The molecule has 8 rings (SSSR count). The number of amides is 2. The number of aromatic nitrogens is 3. The number of rotatable bonds is 11. The van der Waals surface area contributed by atoms with Crippen molar-refractivity contribution in [3.63, 3.8) is 0 Å². The number of halogens is 2. The monoisotopic (exact) mass is 784 g/mol. The van der Waals surface area contributed by atoms with Crippen LogP contribution in [0.4, 0.5) is 14.5 Å². The summed E-state index contributed by atoms with van der Waals surface area (Å²) in [5, 5.41) is 18.0. The van der Waals surface area contributed by atoms with Gasteiger partial charge in [-0.15, -0.1) is 10.2 Å². The van der Waals surface area contributed by atoms with Crippen molar-refractivity contribution in [2.24, 2.45) is 11.0 Å². The molecule has 11 nitrogen and oxygen atoms in total. The number of hydrogen-bond acceptors (Lipinski definition) is 9. The van der Waals surface area contributed by atoms with Crippen molar-refractivity contribution in [2.45, 2.75) is 30.5 Å². The maximum atomic E-state index is 14.0. The number of furan rings is 1. The smallest absolute Gasteiger partial charge is 0.338 e. The van der Waals surface area contributed by atoms with E-state index >= 15 is 0 Å². The third-order valence-corrected chi connectivity index (χ3v) is 10.5. The summed E-state index contributed by atoms with van der Waals surface area (Å²) in [5.74, 6) is -1.60. The molecule has 2 unspecified atom stereocenters. The molecule has 286 valence electrons. The number of thioether (sulfide) groups is 1. The SMILES string of the molecule is O=C(CSc1nnc(-c2ccco2)n1-c1ccccc1)Nc1cccc(C(=O)OCC(=O)N2N=C3/C(=C\c4ccc(F)cc4)CCCC3C2c2ccc(F)cc2)c1. The summed E-state index contributed by atoms with van der Waals surface area (Å²) in [4.78, 5) is 40.1. The fraction of sp³-hybridized carbons (Fsp3) is 0.163. The van der Waals surface area contributed by atoms with Gasteiger partial charge < -0.3 is 14.5 Å². The van der Waals surface area contributed by atoms with Crippen LogP contribution in [-0.2, 0) is 14.3 Å². The van der Waals surface area contributed by atoms with Crippen molar-refractivity contribution in [3.05, 3.63) is 155 Å². The Morgan fingerprint density at radius 3 is 2.42 bits per heavy atom. The number of anilines is 1. The number of para-hydroxylation sites is 1. The van der Waals surface area contributed by atoms with E-state index in [2.05, 4.69) is 15.5 Å². The summed E-state index contributed by atoms with van der Waals surface area (Å²) in [6.45, 7) is -0.605. The summed E-state index contributed by atoms with van der Waals surface area (Å²) in [5.41, 5.74) is 4.42. The summed E-state index contributed by atoms with van der Waals surface area (Å²) in [7, 11) is 0. The van der Waals surface area contributed by atoms with Gasteiger partial charge in [0, 0.05) is 17.3 Å². The Hall–Kier alpha value is -6.67. The number of allylic oxidation sites excluding steroid dienone is 1. The number of carbonyl (C=O) groups excluding carboxylic acids is 3. The molecule has 1 aliphatic heterocycles. The summed E-state index contributed by atoms with van der Waals surface area (Å²) in [6, 6.07) is 30.8. The highest BCUT2D eigenvalue weighted by molar-refractivity contribution is 7.99. The minimum Gasteiger partial charge on any atom is -0.461 e. The molecule has 1 N–H and O–H groups in total. The van der Waals surface area contributed by atoms with E-state index < -0.39 is 30.3 Å². The van der Waals surface area contributed by atoms with Crippen LogP contribution in [0, 0.1) is 17.6 Å². The molecule has 0 saturated heterocycles. The zero-order valence-corrected chi connectivity index (χ0v) is 31.1. The number of hydrogen-bond donors (Lipinski definition) is 1. The molecule has 2 aromatic heterocycles.